The average Bonchev–Trinajstić information content (AvgIpc) is 2.26. The fraction of sp³-hybridized carbons (Fsp3) is 0.273. The van der Waals surface area contributed by atoms with Crippen LogP contribution in [0.25, 0.3) is 0 Å². The van der Waals surface area contributed by atoms with Crippen LogP contribution in [0.15, 0.2) is 24.3 Å². The van der Waals surface area contributed by atoms with E-state index in [4.69, 9.17) is 22.7 Å². The van der Waals surface area contributed by atoms with E-state index in [1.165, 1.54) is 0 Å². The zero-order valence-corrected chi connectivity index (χ0v) is 9.84. The number of thiocarbonyl (C=S) groups is 1. The number of amides is 1. The molecular weight excluding hydrogens is 224 g/mol. The van der Waals surface area contributed by atoms with Crippen molar-refractivity contribution < 1.29 is 9.53 Å². The van der Waals surface area contributed by atoms with Crippen LogP contribution in [0, 0.1) is 0 Å². The third kappa shape index (κ3) is 3.96. The maximum Gasteiger partial charge on any atom is 0.226 e. The van der Waals surface area contributed by atoms with E-state index in [9.17, 15) is 4.79 Å². The number of hydrogen-bond donors (Lipinski definition) is 2. The van der Waals surface area contributed by atoms with Gasteiger partial charge in [-0.3, -0.25) is 4.79 Å². The van der Waals surface area contributed by atoms with Gasteiger partial charge in [0.1, 0.15) is 4.99 Å². The Balaban J connectivity index is 2.63. The van der Waals surface area contributed by atoms with Crippen LogP contribution < -0.4 is 11.1 Å². The van der Waals surface area contributed by atoms with Crippen LogP contribution in [0.5, 0.6) is 0 Å². The Labute approximate surface area is 99.8 Å². The Morgan fingerprint density at radius 1 is 1.56 bits per heavy atom. The minimum Gasteiger partial charge on any atom is -0.389 e. The topological polar surface area (TPSA) is 64.3 Å². The van der Waals surface area contributed by atoms with Gasteiger partial charge in [-0.05, 0) is 12.1 Å². The molecule has 0 radical (unpaired) electrons. The zero-order chi connectivity index (χ0) is 12.0. The highest BCUT2D eigenvalue weighted by molar-refractivity contribution is 7.80. The number of ether oxygens (including phenoxy) is 1. The van der Waals surface area contributed by atoms with Crippen molar-refractivity contribution in [3.63, 3.8) is 0 Å². The molecule has 1 amide bonds. The maximum atomic E-state index is 11.4. The molecule has 0 saturated heterocycles. The molecule has 4 nitrogen and oxygen atoms in total. The minimum atomic E-state index is -0.0954. The molecular formula is C11H14N2O2S. The fourth-order valence-corrected chi connectivity index (χ4v) is 1.30. The number of carbonyl (C=O) groups is 1. The molecule has 0 bridgehead atoms. The number of hydrogen-bond acceptors (Lipinski definition) is 3. The van der Waals surface area contributed by atoms with Gasteiger partial charge in [0.25, 0.3) is 0 Å². The largest absolute Gasteiger partial charge is 0.389 e. The number of methoxy groups -OCH3 is 1. The highest BCUT2D eigenvalue weighted by Crippen LogP contribution is 2.10. The van der Waals surface area contributed by atoms with E-state index < -0.39 is 0 Å². The molecule has 86 valence electrons. The normalized spacial score (nSPS) is 9.81. The van der Waals surface area contributed by atoms with E-state index in [0.29, 0.717) is 23.7 Å². The van der Waals surface area contributed by atoms with Crippen LogP contribution >= 0.6 is 12.2 Å². The van der Waals surface area contributed by atoms with Gasteiger partial charge in [-0.1, -0.05) is 24.4 Å². The Kier molecular flexibility index (Phi) is 4.88. The summed E-state index contributed by atoms with van der Waals surface area (Å²) in [5.41, 5.74) is 6.91. The first-order valence-electron chi connectivity index (χ1n) is 4.82. The van der Waals surface area contributed by atoms with Gasteiger partial charge in [0.15, 0.2) is 0 Å². The van der Waals surface area contributed by atoms with Gasteiger partial charge in [0, 0.05) is 18.4 Å². The van der Waals surface area contributed by atoms with Crippen LogP contribution in [-0.2, 0) is 9.53 Å². The highest BCUT2D eigenvalue weighted by atomic mass is 32.1. The van der Waals surface area contributed by atoms with E-state index in [-0.39, 0.29) is 5.91 Å². The van der Waals surface area contributed by atoms with Gasteiger partial charge >= 0.3 is 0 Å². The molecule has 1 aromatic rings. The van der Waals surface area contributed by atoms with Crippen molar-refractivity contribution in [3.8, 4) is 0 Å². The lowest BCUT2D eigenvalue weighted by Crippen LogP contribution is -2.15. The van der Waals surface area contributed by atoms with Crippen LogP contribution in [0.2, 0.25) is 0 Å². The van der Waals surface area contributed by atoms with Crippen LogP contribution in [0.4, 0.5) is 5.69 Å². The van der Waals surface area contributed by atoms with Crippen molar-refractivity contribution >= 4 is 28.8 Å². The SMILES string of the molecule is COCCC(=O)Nc1cccc(C(N)=S)c1. The molecule has 0 fully saturated rings. The molecule has 5 heteroatoms. The minimum absolute atomic E-state index is 0.0954. The van der Waals surface area contributed by atoms with Gasteiger partial charge in [0.2, 0.25) is 5.91 Å². The van der Waals surface area contributed by atoms with Gasteiger partial charge in [-0.15, -0.1) is 0 Å². The first-order valence-corrected chi connectivity index (χ1v) is 5.23. The number of nitrogens with two attached hydrogens (primary N) is 1. The summed E-state index contributed by atoms with van der Waals surface area (Å²) in [6.45, 7) is 0.404. The monoisotopic (exact) mass is 238 g/mol. The summed E-state index contributed by atoms with van der Waals surface area (Å²) in [5, 5.41) is 2.74. The smallest absolute Gasteiger partial charge is 0.226 e. The van der Waals surface area contributed by atoms with E-state index >= 15 is 0 Å². The van der Waals surface area contributed by atoms with E-state index in [2.05, 4.69) is 5.32 Å². The molecule has 0 saturated carbocycles. The predicted octanol–water partition coefficient (Wildman–Crippen LogP) is 1.30. The van der Waals surface area contributed by atoms with Crippen molar-refractivity contribution in [2.75, 3.05) is 19.0 Å². The van der Waals surface area contributed by atoms with Crippen molar-refractivity contribution in [2.45, 2.75) is 6.42 Å². The Bertz CT molecular complexity index is 393. The Morgan fingerprint density at radius 3 is 2.94 bits per heavy atom. The molecule has 16 heavy (non-hydrogen) atoms. The second-order valence-corrected chi connectivity index (χ2v) is 3.68. The summed E-state index contributed by atoms with van der Waals surface area (Å²) in [6, 6.07) is 7.12. The van der Waals surface area contributed by atoms with Gasteiger partial charge < -0.3 is 15.8 Å². The molecule has 0 aliphatic carbocycles. The standard InChI is InChI=1S/C11H14N2O2S/c1-15-6-5-10(14)13-9-4-2-3-8(7-9)11(12)16/h2-4,7H,5-6H2,1H3,(H2,12,16)(H,13,14). The summed E-state index contributed by atoms with van der Waals surface area (Å²) < 4.78 is 4.81. The predicted molar refractivity (Wildman–Crippen MR) is 67.5 cm³/mol. The molecule has 0 spiro atoms. The van der Waals surface area contributed by atoms with E-state index in [1.807, 2.05) is 0 Å². The van der Waals surface area contributed by atoms with E-state index in [0.717, 1.165) is 5.56 Å². The van der Waals surface area contributed by atoms with Gasteiger partial charge in [-0.2, -0.15) is 0 Å². The van der Waals surface area contributed by atoms with Crippen LogP contribution in [0.1, 0.15) is 12.0 Å². The lowest BCUT2D eigenvalue weighted by molar-refractivity contribution is -0.117. The summed E-state index contributed by atoms with van der Waals surface area (Å²) in [5.74, 6) is -0.0954. The summed E-state index contributed by atoms with van der Waals surface area (Å²) >= 11 is 4.85. The number of carbonyl (C=O) groups excluding carboxylic acids is 1. The fourth-order valence-electron chi connectivity index (χ4n) is 1.17. The third-order valence-electron chi connectivity index (χ3n) is 1.96. The Morgan fingerprint density at radius 2 is 2.31 bits per heavy atom. The van der Waals surface area contributed by atoms with Crippen molar-refractivity contribution in [3.05, 3.63) is 29.8 Å². The van der Waals surface area contributed by atoms with Crippen molar-refractivity contribution in [2.24, 2.45) is 5.73 Å². The third-order valence-corrected chi connectivity index (χ3v) is 2.20. The molecule has 0 aliphatic heterocycles. The zero-order valence-electron chi connectivity index (χ0n) is 9.03. The molecule has 1 rings (SSSR count). The number of anilines is 1. The molecule has 0 unspecified atom stereocenters. The van der Waals surface area contributed by atoms with Gasteiger partial charge in [-0.25, -0.2) is 0 Å². The van der Waals surface area contributed by atoms with Crippen molar-refractivity contribution in [1.29, 1.82) is 0 Å². The van der Waals surface area contributed by atoms with E-state index in [1.54, 1.807) is 31.4 Å². The summed E-state index contributed by atoms with van der Waals surface area (Å²) in [6.07, 6.45) is 0.327. The summed E-state index contributed by atoms with van der Waals surface area (Å²) in [7, 11) is 1.56. The molecule has 0 aliphatic rings. The summed E-state index contributed by atoms with van der Waals surface area (Å²) in [4.78, 5) is 11.7. The lowest BCUT2D eigenvalue weighted by Gasteiger charge is -2.06. The number of nitrogens with one attached hydrogen (secondary N) is 1. The van der Waals surface area contributed by atoms with Crippen LogP contribution in [-0.4, -0.2) is 24.6 Å². The lowest BCUT2D eigenvalue weighted by atomic mass is 10.2. The second kappa shape index (κ2) is 6.19. The first-order chi connectivity index (χ1) is 7.63. The number of benzene rings is 1. The first kappa shape index (κ1) is 12.6. The molecule has 0 aromatic heterocycles. The molecule has 1 aromatic carbocycles. The quantitative estimate of drug-likeness (QED) is 0.759. The van der Waals surface area contributed by atoms with Gasteiger partial charge in [0.05, 0.1) is 13.0 Å². The Hall–Kier alpha value is -1.46. The molecule has 0 heterocycles. The van der Waals surface area contributed by atoms with Crippen molar-refractivity contribution in [1.82, 2.24) is 0 Å². The maximum absolute atomic E-state index is 11.4. The molecule has 3 N–H and O–H groups in total. The molecule has 0 atom stereocenters. The average molecular weight is 238 g/mol. The second-order valence-electron chi connectivity index (χ2n) is 3.24. The van der Waals surface area contributed by atoms with Crippen LogP contribution in [0.3, 0.4) is 0 Å². The highest BCUT2D eigenvalue weighted by Gasteiger charge is 2.03. The number of rotatable bonds is 5.